The minimum Gasteiger partial charge on any atom is -0.462 e. The van der Waals surface area contributed by atoms with Gasteiger partial charge in [0.2, 0.25) is 0 Å². The van der Waals surface area contributed by atoms with E-state index in [1.165, 1.54) is 6.08 Å². The molecule has 0 aromatic carbocycles. The number of carbonyl (C=O) groups is 1. The maximum atomic E-state index is 11.1. The number of ether oxygens (including phenoxy) is 1. The highest BCUT2D eigenvalue weighted by Crippen LogP contribution is 1.92. The van der Waals surface area contributed by atoms with Crippen LogP contribution in [0.2, 0.25) is 0 Å². The molecule has 0 heterocycles. The van der Waals surface area contributed by atoms with E-state index in [0.29, 0.717) is 6.61 Å². The van der Waals surface area contributed by atoms with Crippen LogP contribution in [0.5, 0.6) is 0 Å². The lowest BCUT2D eigenvalue weighted by Crippen LogP contribution is -2.12. The van der Waals surface area contributed by atoms with E-state index in [2.05, 4.69) is 12.2 Å². The fourth-order valence-electron chi connectivity index (χ4n) is 0.865. The van der Waals surface area contributed by atoms with Crippen LogP contribution in [-0.4, -0.2) is 19.1 Å². The highest BCUT2D eigenvalue weighted by molar-refractivity contribution is 5.82. The zero-order valence-electron chi connectivity index (χ0n) is 8.72. The van der Waals surface area contributed by atoms with Crippen molar-refractivity contribution in [2.75, 3.05) is 13.2 Å². The first kappa shape index (κ1) is 12.0. The SMILES string of the molecule is CCCCOC(=O)/C=C(/C)NCC. The lowest BCUT2D eigenvalue weighted by molar-refractivity contribution is -0.137. The summed E-state index contributed by atoms with van der Waals surface area (Å²) in [6.45, 7) is 7.24. The molecule has 0 aliphatic rings. The van der Waals surface area contributed by atoms with Crippen LogP contribution >= 0.6 is 0 Å². The van der Waals surface area contributed by atoms with Gasteiger partial charge in [0.25, 0.3) is 0 Å². The highest BCUT2D eigenvalue weighted by Gasteiger charge is 1.97. The van der Waals surface area contributed by atoms with Crippen LogP contribution < -0.4 is 5.32 Å². The lowest BCUT2D eigenvalue weighted by Gasteiger charge is -2.03. The molecule has 0 aliphatic heterocycles. The summed E-state index contributed by atoms with van der Waals surface area (Å²) in [5, 5.41) is 3.03. The molecule has 3 heteroatoms. The number of carbonyl (C=O) groups excluding carboxylic acids is 1. The summed E-state index contributed by atoms with van der Waals surface area (Å²) in [4.78, 5) is 11.1. The number of allylic oxidation sites excluding steroid dienone is 1. The van der Waals surface area contributed by atoms with E-state index in [0.717, 1.165) is 25.1 Å². The number of unbranched alkanes of at least 4 members (excludes halogenated alkanes) is 1. The van der Waals surface area contributed by atoms with Crippen molar-refractivity contribution in [3.8, 4) is 0 Å². The normalized spacial score (nSPS) is 11.2. The summed E-state index contributed by atoms with van der Waals surface area (Å²) in [5.74, 6) is -0.257. The van der Waals surface area contributed by atoms with E-state index in [4.69, 9.17) is 4.74 Å². The summed E-state index contributed by atoms with van der Waals surface area (Å²) in [7, 11) is 0. The van der Waals surface area contributed by atoms with E-state index in [9.17, 15) is 4.79 Å². The van der Waals surface area contributed by atoms with Gasteiger partial charge in [0.15, 0.2) is 0 Å². The molecule has 0 spiro atoms. The molecule has 0 atom stereocenters. The van der Waals surface area contributed by atoms with Crippen molar-refractivity contribution in [3.63, 3.8) is 0 Å². The van der Waals surface area contributed by atoms with Gasteiger partial charge in [0.05, 0.1) is 6.61 Å². The average molecular weight is 185 g/mol. The quantitative estimate of drug-likeness (QED) is 0.390. The highest BCUT2D eigenvalue weighted by atomic mass is 16.5. The molecule has 76 valence electrons. The van der Waals surface area contributed by atoms with E-state index < -0.39 is 0 Å². The molecular weight excluding hydrogens is 166 g/mol. The molecular formula is C10H19NO2. The van der Waals surface area contributed by atoms with E-state index in [1.54, 1.807) is 0 Å². The summed E-state index contributed by atoms with van der Waals surface area (Å²) >= 11 is 0. The molecule has 0 aromatic rings. The molecule has 0 radical (unpaired) electrons. The van der Waals surface area contributed by atoms with Crippen molar-refractivity contribution in [1.29, 1.82) is 0 Å². The van der Waals surface area contributed by atoms with Crippen LogP contribution in [0.3, 0.4) is 0 Å². The minimum atomic E-state index is -0.257. The second kappa shape index (κ2) is 7.65. The van der Waals surface area contributed by atoms with Gasteiger partial charge < -0.3 is 10.1 Å². The zero-order chi connectivity index (χ0) is 10.1. The molecule has 0 rings (SSSR count). The molecule has 3 nitrogen and oxygen atoms in total. The number of rotatable bonds is 6. The Hall–Kier alpha value is -0.990. The molecule has 1 N–H and O–H groups in total. The van der Waals surface area contributed by atoms with Crippen molar-refractivity contribution in [1.82, 2.24) is 5.32 Å². The topological polar surface area (TPSA) is 38.3 Å². The summed E-state index contributed by atoms with van der Waals surface area (Å²) in [5.41, 5.74) is 0.851. The van der Waals surface area contributed by atoms with Crippen LogP contribution in [0.1, 0.15) is 33.6 Å². The van der Waals surface area contributed by atoms with E-state index >= 15 is 0 Å². The Kier molecular flexibility index (Phi) is 7.07. The van der Waals surface area contributed by atoms with Gasteiger partial charge in [0, 0.05) is 18.3 Å². The molecule has 0 unspecified atom stereocenters. The second-order valence-electron chi connectivity index (χ2n) is 2.88. The fraction of sp³-hybridized carbons (Fsp3) is 0.700. The second-order valence-corrected chi connectivity index (χ2v) is 2.88. The smallest absolute Gasteiger partial charge is 0.332 e. The summed E-state index contributed by atoms with van der Waals surface area (Å²) in [6.07, 6.45) is 3.46. The number of nitrogens with one attached hydrogen (secondary N) is 1. The van der Waals surface area contributed by atoms with Gasteiger partial charge in [-0.3, -0.25) is 0 Å². The van der Waals surface area contributed by atoms with Gasteiger partial charge in [-0.25, -0.2) is 4.79 Å². The van der Waals surface area contributed by atoms with Crippen molar-refractivity contribution < 1.29 is 9.53 Å². The third-order valence-corrected chi connectivity index (χ3v) is 1.53. The van der Waals surface area contributed by atoms with Crippen molar-refractivity contribution in [2.24, 2.45) is 0 Å². The molecule has 0 saturated heterocycles. The number of hydrogen-bond acceptors (Lipinski definition) is 3. The Morgan fingerprint density at radius 2 is 2.15 bits per heavy atom. The van der Waals surface area contributed by atoms with Gasteiger partial charge in [-0.05, 0) is 20.3 Å². The Bertz CT molecular complexity index is 176. The Morgan fingerprint density at radius 1 is 1.46 bits per heavy atom. The average Bonchev–Trinajstić information content (AvgIpc) is 2.05. The molecule has 0 aliphatic carbocycles. The summed E-state index contributed by atoms with van der Waals surface area (Å²) in [6, 6.07) is 0. The molecule has 0 bridgehead atoms. The first-order chi connectivity index (χ1) is 6.20. The van der Waals surface area contributed by atoms with Crippen LogP contribution in [0, 0.1) is 0 Å². The van der Waals surface area contributed by atoms with E-state index in [1.807, 2.05) is 13.8 Å². The standard InChI is InChI=1S/C10H19NO2/c1-4-6-7-13-10(12)8-9(3)11-5-2/h8,11H,4-7H2,1-3H3/b9-8-. The van der Waals surface area contributed by atoms with Crippen LogP contribution in [0.15, 0.2) is 11.8 Å². The Balaban J connectivity index is 3.65. The van der Waals surface area contributed by atoms with Crippen LogP contribution in [-0.2, 0) is 9.53 Å². The molecule has 0 aromatic heterocycles. The number of esters is 1. The molecule has 13 heavy (non-hydrogen) atoms. The van der Waals surface area contributed by atoms with Crippen LogP contribution in [0.25, 0.3) is 0 Å². The van der Waals surface area contributed by atoms with Crippen LogP contribution in [0.4, 0.5) is 0 Å². The monoisotopic (exact) mass is 185 g/mol. The molecule has 0 fully saturated rings. The largest absolute Gasteiger partial charge is 0.462 e. The van der Waals surface area contributed by atoms with Gasteiger partial charge in [-0.2, -0.15) is 0 Å². The van der Waals surface area contributed by atoms with Gasteiger partial charge in [-0.15, -0.1) is 0 Å². The predicted molar refractivity (Wildman–Crippen MR) is 53.3 cm³/mol. The predicted octanol–water partition coefficient (Wildman–Crippen LogP) is 1.84. The first-order valence-corrected chi connectivity index (χ1v) is 4.79. The first-order valence-electron chi connectivity index (χ1n) is 4.79. The van der Waals surface area contributed by atoms with Gasteiger partial charge >= 0.3 is 5.97 Å². The van der Waals surface area contributed by atoms with Crippen molar-refractivity contribution >= 4 is 5.97 Å². The molecule has 0 saturated carbocycles. The summed E-state index contributed by atoms with van der Waals surface area (Å²) < 4.78 is 4.94. The molecule has 0 amide bonds. The van der Waals surface area contributed by atoms with Gasteiger partial charge in [-0.1, -0.05) is 13.3 Å². The fourth-order valence-corrected chi connectivity index (χ4v) is 0.865. The zero-order valence-corrected chi connectivity index (χ0v) is 8.72. The lowest BCUT2D eigenvalue weighted by atomic mass is 10.3. The maximum absolute atomic E-state index is 11.1. The van der Waals surface area contributed by atoms with Crippen molar-refractivity contribution in [3.05, 3.63) is 11.8 Å². The Labute approximate surface area is 80.2 Å². The third-order valence-electron chi connectivity index (χ3n) is 1.53. The minimum absolute atomic E-state index is 0.257. The van der Waals surface area contributed by atoms with Gasteiger partial charge in [0.1, 0.15) is 0 Å². The van der Waals surface area contributed by atoms with E-state index in [-0.39, 0.29) is 5.97 Å². The Morgan fingerprint density at radius 3 is 2.69 bits per heavy atom. The van der Waals surface area contributed by atoms with Crippen molar-refractivity contribution in [2.45, 2.75) is 33.6 Å². The number of hydrogen-bond donors (Lipinski definition) is 1. The third kappa shape index (κ3) is 7.37. The maximum Gasteiger partial charge on any atom is 0.332 e.